The van der Waals surface area contributed by atoms with Crippen molar-refractivity contribution in [3.63, 3.8) is 0 Å². The molecule has 0 N–H and O–H groups in total. The monoisotopic (exact) mass is 1850 g/mol. The van der Waals surface area contributed by atoms with Crippen molar-refractivity contribution in [3.8, 4) is 124 Å². The molecule has 9 heterocycles. The molecule has 678 valence electrons. The quantitative estimate of drug-likeness (QED) is 0.110. The van der Waals surface area contributed by atoms with E-state index < -0.39 is 0 Å². The zero-order chi connectivity index (χ0) is 95.5. The van der Waals surface area contributed by atoms with E-state index in [1.54, 1.807) is 0 Å². The third kappa shape index (κ3) is 14.5. The lowest BCUT2D eigenvalue weighted by atomic mass is 9.95. The molecule has 0 aliphatic heterocycles. The SMILES string of the molecule is c1cc(-c2cccc(-c3ccc4oc5ccccc5c4c3)c2)cc(-c2ccc3oc4ccccc4c3c2)c1.c1ccc(-c2nc(-c3ccccc3)nc(-c3ccc(-n4c5ccccc5c5c6oc7c(ccc8c7c7ccccc7n8-c7ccccc7)c6ccc54)cc3)n2)cc1.c1ccc(-c2nc(-c3ccccc3)nc(-c3ccc(-n4c5ccccc5c5cc(-n6c7ccccc7c7ccccc76)ccc54)cc3)n2)cc1. The lowest BCUT2D eigenvalue weighted by Crippen LogP contribution is -2.00. The van der Waals surface area contributed by atoms with Crippen molar-refractivity contribution in [2.75, 3.05) is 0 Å². The summed E-state index contributed by atoms with van der Waals surface area (Å²) in [5.41, 5.74) is 31.8. The molecule has 0 radical (unpaired) electrons. The molecular formula is C132H82N10O3. The maximum absolute atomic E-state index is 7.12. The summed E-state index contributed by atoms with van der Waals surface area (Å²) in [4.78, 5) is 29.5. The Bertz CT molecular complexity index is 10000. The second-order valence-corrected chi connectivity index (χ2v) is 36.7. The Kier molecular flexibility index (Phi) is 20.0. The lowest BCUT2D eigenvalue weighted by molar-refractivity contribution is 0.668. The van der Waals surface area contributed by atoms with Gasteiger partial charge in [-0.05, 0) is 215 Å². The number of benzene rings is 21. The Morgan fingerprint density at radius 3 is 0.759 bits per heavy atom. The van der Waals surface area contributed by atoms with Gasteiger partial charge in [0.05, 0.1) is 54.9 Å². The number of rotatable bonds is 13. The van der Waals surface area contributed by atoms with Crippen molar-refractivity contribution in [2.24, 2.45) is 0 Å². The van der Waals surface area contributed by atoms with Gasteiger partial charge in [0, 0.05) is 121 Å². The average Bonchev–Trinajstić information content (AvgIpc) is 1.54. The van der Waals surface area contributed by atoms with Crippen molar-refractivity contribution < 1.29 is 13.3 Å². The number of aromatic nitrogens is 10. The summed E-state index contributed by atoms with van der Waals surface area (Å²) in [5, 5.41) is 16.3. The van der Waals surface area contributed by atoms with Gasteiger partial charge in [-0.15, -0.1) is 0 Å². The van der Waals surface area contributed by atoms with E-state index in [2.05, 4.69) is 370 Å². The van der Waals surface area contributed by atoms with Gasteiger partial charge < -0.3 is 31.5 Å². The molecule has 145 heavy (non-hydrogen) atoms. The molecule has 21 aromatic carbocycles. The smallest absolute Gasteiger partial charge is 0.164 e. The van der Waals surface area contributed by atoms with Crippen molar-refractivity contribution in [2.45, 2.75) is 0 Å². The Labute approximate surface area is 830 Å². The van der Waals surface area contributed by atoms with Gasteiger partial charge in [-0.25, -0.2) is 29.9 Å². The largest absolute Gasteiger partial charge is 0.456 e. The Morgan fingerprint density at radius 1 is 0.131 bits per heavy atom. The van der Waals surface area contributed by atoms with Crippen LogP contribution in [-0.4, -0.2) is 48.2 Å². The maximum atomic E-state index is 7.12. The van der Waals surface area contributed by atoms with Gasteiger partial charge in [0.25, 0.3) is 0 Å². The van der Waals surface area contributed by atoms with Gasteiger partial charge in [0.2, 0.25) is 0 Å². The molecule has 9 aromatic heterocycles. The summed E-state index contributed by atoms with van der Waals surface area (Å²) in [5.74, 6) is 3.85. The highest BCUT2D eigenvalue weighted by atomic mass is 16.3. The third-order valence-corrected chi connectivity index (χ3v) is 28.2. The number of fused-ring (bicyclic) bond motifs is 23. The number of hydrogen-bond acceptors (Lipinski definition) is 9. The standard InChI is InChI=1S/C51H31N5O.C45H29N5.C36H22O2/c1-4-14-32(15-5-1)49-52-50(33-16-6-2-7-17-33)54-51(53-49)34-24-26-36(27-25-34)56-42-23-13-11-21-40(42)46-44(56)31-29-38-37-28-30-43-45(47(37)57-48(38)46)39-20-10-12-22-41(39)55(43)35-18-8-3-9-19-35;1-3-13-30(14-4-1)43-46-44(31-15-5-2-6-16-31)48-45(47-43)32-23-25-33(26-24-32)49-41-22-12-9-19-37(41)38-29-34(27-28-42(38)49)50-39-20-10-7-17-35(39)36-18-8-11-21-40(36)50;1-3-13-33-29(11-1)31-21-27(15-17-35(31)37-33)25-9-5-7-23(19-25)24-8-6-10-26(20-24)28-16-18-36-32(22-28)30-12-2-4-14-34(30)38-36/h1-31H;1-29H;1-22H. The first kappa shape index (κ1) is 83.4. The van der Waals surface area contributed by atoms with E-state index in [-0.39, 0.29) is 0 Å². The van der Waals surface area contributed by atoms with Crippen LogP contribution in [0.25, 0.3) is 277 Å². The first-order valence-corrected chi connectivity index (χ1v) is 48.8. The van der Waals surface area contributed by atoms with Crippen LogP contribution in [-0.2, 0) is 0 Å². The van der Waals surface area contributed by atoms with E-state index in [1.807, 2.05) is 146 Å². The molecule has 0 spiro atoms. The minimum Gasteiger partial charge on any atom is -0.456 e. The molecule has 0 saturated heterocycles. The molecule has 13 nitrogen and oxygen atoms in total. The Balaban J connectivity index is 0.000000108. The van der Waals surface area contributed by atoms with Gasteiger partial charge in [-0.2, -0.15) is 0 Å². The van der Waals surface area contributed by atoms with E-state index >= 15 is 0 Å². The highest BCUT2D eigenvalue weighted by Crippen LogP contribution is 2.48. The van der Waals surface area contributed by atoms with Gasteiger partial charge in [-0.3, -0.25) is 0 Å². The predicted molar refractivity (Wildman–Crippen MR) is 594 cm³/mol. The van der Waals surface area contributed by atoms with E-state index in [9.17, 15) is 0 Å². The van der Waals surface area contributed by atoms with Crippen LogP contribution in [0.4, 0.5) is 0 Å². The lowest BCUT2D eigenvalue weighted by Gasteiger charge is -2.11. The molecule has 0 saturated carbocycles. The molecule has 0 fully saturated rings. The number of hydrogen-bond donors (Lipinski definition) is 0. The van der Waals surface area contributed by atoms with Crippen molar-refractivity contribution >= 4 is 153 Å². The first-order chi connectivity index (χ1) is 71.9. The van der Waals surface area contributed by atoms with Crippen LogP contribution in [0.1, 0.15) is 0 Å². The van der Waals surface area contributed by atoms with E-state index in [0.29, 0.717) is 34.9 Å². The zero-order valence-corrected chi connectivity index (χ0v) is 78.0. The summed E-state index contributed by atoms with van der Waals surface area (Å²) >= 11 is 0. The average molecular weight is 1860 g/mol. The summed E-state index contributed by atoms with van der Waals surface area (Å²) in [7, 11) is 0. The van der Waals surface area contributed by atoms with Crippen LogP contribution in [0.3, 0.4) is 0 Å². The highest BCUT2D eigenvalue weighted by molar-refractivity contribution is 6.29. The molecule has 0 aliphatic rings. The molecule has 0 unspecified atom stereocenters. The first-order valence-electron chi connectivity index (χ1n) is 48.8. The van der Waals surface area contributed by atoms with Gasteiger partial charge >= 0.3 is 0 Å². The van der Waals surface area contributed by atoms with E-state index in [4.69, 9.17) is 43.2 Å². The van der Waals surface area contributed by atoms with Gasteiger partial charge in [0.15, 0.2) is 34.9 Å². The minimum atomic E-state index is 0.625. The van der Waals surface area contributed by atoms with Crippen LogP contribution in [0.2, 0.25) is 0 Å². The molecule has 0 aliphatic carbocycles. The zero-order valence-electron chi connectivity index (χ0n) is 78.0. The van der Waals surface area contributed by atoms with Gasteiger partial charge in [-0.1, -0.05) is 315 Å². The molecule has 0 amide bonds. The molecule has 30 rings (SSSR count). The second-order valence-electron chi connectivity index (χ2n) is 36.7. The fourth-order valence-electron chi connectivity index (χ4n) is 21.5. The number of furan rings is 3. The van der Waals surface area contributed by atoms with Crippen LogP contribution in [0.15, 0.2) is 511 Å². The summed E-state index contributed by atoms with van der Waals surface area (Å²) in [6.45, 7) is 0. The van der Waals surface area contributed by atoms with Crippen LogP contribution in [0.5, 0.6) is 0 Å². The van der Waals surface area contributed by atoms with E-state index in [0.717, 1.165) is 171 Å². The summed E-state index contributed by atoms with van der Waals surface area (Å²) < 4.78 is 28.6. The second kappa shape index (κ2) is 34.7. The maximum Gasteiger partial charge on any atom is 0.164 e. The van der Waals surface area contributed by atoms with Crippen molar-refractivity contribution in [3.05, 3.63) is 497 Å². The number of para-hydroxylation sites is 8. The Morgan fingerprint density at radius 2 is 0.379 bits per heavy atom. The molecule has 13 heteroatoms. The summed E-state index contributed by atoms with van der Waals surface area (Å²) in [6, 6.07) is 174. The number of nitrogens with zero attached hydrogens (tertiary/aromatic N) is 10. The third-order valence-electron chi connectivity index (χ3n) is 28.2. The van der Waals surface area contributed by atoms with Crippen LogP contribution < -0.4 is 0 Å². The fourth-order valence-corrected chi connectivity index (χ4v) is 21.5. The predicted octanol–water partition coefficient (Wildman–Crippen LogP) is 34.5. The molecule has 0 atom stereocenters. The molecular weight excluding hydrogens is 1770 g/mol. The summed E-state index contributed by atoms with van der Waals surface area (Å²) in [6.07, 6.45) is 0. The fraction of sp³-hybridized carbons (Fsp3) is 0. The normalized spacial score (nSPS) is 11.7. The highest BCUT2D eigenvalue weighted by Gasteiger charge is 2.26. The Hall–Kier alpha value is -19.8. The molecule has 0 bridgehead atoms. The van der Waals surface area contributed by atoms with Gasteiger partial charge in [0.1, 0.15) is 33.5 Å². The topological polar surface area (TPSA) is 136 Å². The van der Waals surface area contributed by atoms with E-state index in [1.165, 1.54) is 71.3 Å². The minimum absolute atomic E-state index is 0.625. The van der Waals surface area contributed by atoms with Crippen molar-refractivity contribution in [1.82, 2.24) is 48.2 Å². The molecule has 30 aromatic rings. The van der Waals surface area contributed by atoms with Crippen molar-refractivity contribution in [1.29, 1.82) is 0 Å². The van der Waals surface area contributed by atoms with Crippen LogP contribution >= 0.6 is 0 Å². The van der Waals surface area contributed by atoms with Crippen LogP contribution in [0, 0.1) is 0 Å².